The Balaban J connectivity index is 2.54. The summed E-state index contributed by atoms with van der Waals surface area (Å²) in [5.74, 6) is -1.55. The number of ether oxygens (including phenoxy) is 1. The zero-order valence-electron chi connectivity index (χ0n) is 11.9. The summed E-state index contributed by atoms with van der Waals surface area (Å²) < 4.78 is 17.9. The molecule has 0 saturated heterocycles. The van der Waals surface area contributed by atoms with Crippen LogP contribution in [0.4, 0.5) is 4.39 Å². The van der Waals surface area contributed by atoms with Crippen molar-refractivity contribution in [2.24, 2.45) is 0 Å². The quantitative estimate of drug-likeness (QED) is 0.604. The maximum atomic E-state index is 13.1. The molecule has 1 N–H and O–H groups in total. The SMILES string of the molecule is COCCCNC(=O)CN(C)C(=O)c1cc(F)cnc1Cl. The molecule has 0 bridgehead atoms. The van der Waals surface area contributed by atoms with Gasteiger partial charge < -0.3 is 15.0 Å². The van der Waals surface area contributed by atoms with Crippen molar-refractivity contribution < 1.29 is 18.7 Å². The number of nitrogens with zero attached hydrogens (tertiary/aromatic N) is 2. The summed E-state index contributed by atoms with van der Waals surface area (Å²) >= 11 is 5.75. The van der Waals surface area contributed by atoms with E-state index in [4.69, 9.17) is 16.3 Å². The van der Waals surface area contributed by atoms with Crippen LogP contribution in [-0.4, -0.2) is 55.6 Å². The number of hydrogen-bond acceptors (Lipinski definition) is 4. The van der Waals surface area contributed by atoms with Crippen LogP contribution in [0.2, 0.25) is 5.15 Å². The normalized spacial score (nSPS) is 10.3. The van der Waals surface area contributed by atoms with Crippen LogP contribution in [0.1, 0.15) is 16.8 Å². The van der Waals surface area contributed by atoms with Crippen molar-refractivity contribution in [1.29, 1.82) is 0 Å². The molecule has 0 radical (unpaired) electrons. The molecule has 0 fully saturated rings. The molecule has 0 atom stereocenters. The molecule has 6 nitrogen and oxygen atoms in total. The lowest BCUT2D eigenvalue weighted by Gasteiger charge is -2.17. The highest BCUT2D eigenvalue weighted by atomic mass is 35.5. The van der Waals surface area contributed by atoms with E-state index in [2.05, 4.69) is 10.3 Å². The first-order chi connectivity index (χ1) is 9.95. The molecule has 0 aliphatic carbocycles. The Labute approximate surface area is 127 Å². The average Bonchev–Trinajstić information content (AvgIpc) is 2.45. The van der Waals surface area contributed by atoms with Crippen LogP contribution in [0.3, 0.4) is 0 Å². The number of likely N-dealkylation sites (N-methyl/N-ethyl adjacent to an activating group) is 1. The van der Waals surface area contributed by atoms with Crippen LogP contribution in [0.5, 0.6) is 0 Å². The number of nitrogens with one attached hydrogen (secondary N) is 1. The van der Waals surface area contributed by atoms with E-state index in [-0.39, 0.29) is 23.2 Å². The Hall–Kier alpha value is -1.73. The van der Waals surface area contributed by atoms with E-state index in [1.165, 1.54) is 7.05 Å². The van der Waals surface area contributed by atoms with Gasteiger partial charge in [0.25, 0.3) is 5.91 Å². The Morgan fingerprint density at radius 1 is 1.52 bits per heavy atom. The Bertz CT molecular complexity index is 513. The molecule has 8 heteroatoms. The molecule has 0 aliphatic rings. The van der Waals surface area contributed by atoms with E-state index in [0.717, 1.165) is 17.2 Å². The highest BCUT2D eigenvalue weighted by molar-refractivity contribution is 6.32. The molecule has 1 aromatic rings. The van der Waals surface area contributed by atoms with E-state index in [0.29, 0.717) is 19.6 Å². The minimum atomic E-state index is -0.667. The van der Waals surface area contributed by atoms with Gasteiger partial charge in [-0.25, -0.2) is 9.37 Å². The Morgan fingerprint density at radius 3 is 2.90 bits per heavy atom. The van der Waals surface area contributed by atoms with Gasteiger partial charge >= 0.3 is 0 Å². The van der Waals surface area contributed by atoms with Gasteiger partial charge in [-0.15, -0.1) is 0 Å². The van der Waals surface area contributed by atoms with Gasteiger partial charge in [0.15, 0.2) is 0 Å². The average molecular weight is 318 g/mol. The molecule has 1 heterocycles. The second kappa shape index (κ2) is 8.53. The summed E-state index contributed by atoms with van der Waals surface area (Å²) in [6.45, 7) is 0.843. The van der Waals surface area contributed by atoms with E-state index in [1.807, 2.05) is 0 Å². The third-order valence-corrected chi connectivity index (χ3v) is 2.91. The summed E-state index contributed by atoms with van der Waals surface area (Å²) in [5.41, 5.74) is -0.0775. The minimum absolute atomic E-state index is 0.0775. The molecule has 1 aromatic heterocycles. The summed E-state index contributed by atoms with van der Waals surface area (Å²) in [4.78, 5) is 28.4. The third-order valence-electron chi connectivity index (χ3n) is 2.61. The maximum Gasteiger partial charge on any atom is 0.257 e. The standard InChI is InChI=1S/C13H17ClFN3O3/c1-18(8-11(19)16-4-3-5-21-2)13(20)10-6-9(15)7-17-12(10)14/h6-7H,3-5,8H2,1-2H3,(H,16,19). The number of aromatic nitrogens is 1. The first-order valence-corrected chi connectivity index (χ1v) is 6.65. The summed E-state index contributed by atoms with van der Waals surface area (Å²) in [6, 6.07) is 0.991. The van der Waals surface area contributed by atoms with E-state index in [1.54, 1.807) is 7.11 Å². The predicted octanol–water partition coefficient (Wildman–Crippen LogP) is 1.10. The number of pyridine rings is 1. The van der Waals surface area contributed by atoms with Crippen LogP contribution >= 0.6 is 11.6 Å². The van der Waals surface area contributed by atoms with Gasteiger partial charge in [0, 0.05) is 27.3 Å². The fourth-order valence-electron chi connectivity index (χ4n) is 1.57. The summed E-state index contributed by atoms with van der Waals surface area (Å²) in [5, 5.41) is 2.54. The van der Waals surface area contributed by atoms with Crippen LogP contribution in [-0.2, 0) is 9.53 Å². The molecule has 2 amide bonds. The number of carbonyl (C=O) groups is 2. The van der Waals surface area contributed by atoms with Crippen molar-refractivity contribution in [2.45, 2.75) is 6.42 Å². The van der Waals surface area contributed by atoms with Crippen LogP contribution in [0, 0.1) is 5.82 Å². The van der Waals surface area contributed by atoms with Crippen LogP contribution in [0.25, 0.3) is 0 Å². The van der Waals surface area contributed by atoms with Gasteiger partial charge in [0.05, 0.1) is 18.3 Å². The molecular weight excluding hydrogens is 301 g/mol. The Morgan fingerprint density at radius 2 is 2.24 bits per heavy atom. The molecule has 21 heavy (non-hydrogen) atoms. The second-order valence-electron chi connectivity index (χ2n) is 4.35. The van der Waals surface area contributed by atoms with Crippen molar-refractivity contribution in [3.63, 3.8) is 0 Å². The van der Waals surface area contributed by atoms with Crippen LogP contribution in [0.15, 0.2) is 12.3 Å². The Kier molecular flexibility index (Phi) is 7.04. The zero-order valence-corrected chi connectivity index (χ0v) is 12.6. The first kappa shape index (κ1) is 17.3. The summed E-state index contributed by atoms with van der Waals surface area (Å²) in [7, 11) is 3.00. The van der Waals surface area contributed by atoms with Crippen molar-refractivity contribution >= 4 is 23.4 Å². The van der Waals surface area contributed by atoms with Gasteiger partial charge in [0.1, 0.15) is 11.0 Å². The van der Waals surface area contributed by atoms with E-state index < -0.39 is 11.7 Å². The first-order valence-electron chi connectivity index (χ1n) is 6.28. The lowest BCUT2D eigenvalue weighted by atomic mass is 10.2. The molecular formula is C13H17ClFN3O3. The number of hydrogen-bond donors (Lipinski definition) is 1. The largest absolute Gasteiger partial charge is 0.385 e. The van der Waals surface area contributed by atoms with Gasteiger partial charge in [-0.05, 0) is 12.5 Å². The fraction of sp³-hybridized carbons (Fsp3) is 0.462. The highest BCUT2D eigenvalue weighted by Crippen LogP contribution is 2.15. The number of methoxy groups -OCH3 is 1. The van der Waals surface area contributed by atoms with Gasteiger partial charge in [0.2, 0.25) is 5.91 Å². The maximum absolute atomic E-state index is 13.1. The molecule has 0 unspecified atom stereocenters. The van der Waals surface area contributed by atoms with Crippen molar-refractivity contribution in [1.82, 2.24) is 15.2 Å². The summed E-state index contributed by atoms with van der Waals surface area (Å²) in [6.07, 6.45) is 1.60. The van der Waals surface area contributed by atoms with E-state index in [9.17, 15) is 14.0 Å². The molecule has 116 valence electrons. The monoisotopic (exact) mass is 317 g/mol. The lowest BCUT2D eigenvalue weighted by molar-refractivity contribution is -0.121. The zero-order chi connectivity index (χ0) is 15.8. The van der Waals surface area contributed by atoms with Crippen molar-refractivity contribution in [3.8, 4) is 0 Å². The highest BCUT2D eigenvalue weighted by Gasteiger charge is 2.18. The fourth-order valence-corrected chi connectivity index (χ4v) is 1.75. The van der Waals surface area contributed by atoms with Crippen molar-refractivity contribution in [2.75, 3.05) is 33.9 Å². The van der Waals surface area contributed by atoms with Gasteiger partial charge in [-0.3, -0.25) is 9.59 Å². The molecule has 1 rings (SSSR count). The van der Waals surface area contributed by atoms with E-state index >= 15 is 0 Å². The number of carbonyl (C=O) groups excluding carboxylic acids is 2. The number of amides is 2. The molecule has 0 saturated carbocycles. The van der Waals surface area contributed by atoms with Crippen LogP contribution < -0.4 is 5.32 Å². The minimum Gasteiger partial charge on any atom is -0.385 e. The molecule has 0 spiro atoms. The molecule has 0 aromatic carbocycles. The van der Waals surface area contributed by atoms with Gasteiger partial charge in [-0.1, -0.05) is 11.6 Å². The topological polar surface area (TPSA) is 71.5 Å². The predicted molar refractivity (Wildman–Crippen MR) is 75.7 cm³/mol. The third kappa shape index (κ3) is 5.65. The molecule has 0 aliphatic heterocycles. The smallest absolute Gasteiger partial charge is 0.257 e. The number of halogens is 2. The van der Waals surface area contributed by atoms with Crippen molar-refractivity contribution in [3.05, 3.63) is 28.8 Å². The van der Waals surface area contributed by atoms with Gasteiger partial charge in [-0.2, -0.15) is 0 Å². The second-order valence-corrected chi connectivity index (χ2v) is 4.71. The number of rotatable bonds is 7. The lowest BCUT2D eigenvalue weighted by Crippen LogP contribution is -2.39.